The zero-order valence-corrected chi connectivity index (χ0v) is 23.3. The van der Waals surface area contributed by atoms with E-state index in [4.69, 9.17) is 0 Å². The average Bonchev–Trinajstić information content (AvgIpc) is 3.47. The second kappa shape index (κ2) is 12.2. The summed E-state index contributed by atoms with van der Waals surface area (Å²) in [5.74, 6) is -0.240. The Labute approximate surface area is 238 Å². The molecule has 41 heavy (non-hydrogen) atoms. The molecule has 1 aliphatic carbocycles. The summed E-state index contributed by atoms with van der Waals surface area (Å²) < 4.78 is 3.56. The van der Waals surface area contributed by atoms with E-state index < -0.39 is 0 Å². The molecular formula is C31H33N7O3. The first-order valence-electron chi connectivity index (χ1n) is 14.0. The Bertz CT molecular complexity index is 1670. The first kappa shape index (κ1) is 27.8. The highest BCUT2D eigenvalue weighted by molar-refractivity contribution is 5.82. The van der Waals surface area contributed by atoms with Crippen molar-refractivity contribution in [2.45, 2.75) is 64.8 Å². The van der Waals surface area contributed by atoms with Crippen LogP contribution >= 0.6 is 0 Å². The summed E-state index contributed by atoms with van der Waals surface area (Å²) in [5, 5.41) is 14.0. The van der Waals surface area contributed by atoms with Gasteiger partial charge in [0.1, 0.15) is 6.33 Å². The molecule has 1 fully saturated rings. The zero-order valence-electron chi connectivity index (χ0n) is 23.3. The third-order valence-electron chi connectivity index (χ3n) is 7.80. The first-order chi connectivity index (χ1) is 19.9. The number of hydrogen-bond donors (Lipinski definition) is 2. The largest absolute Gasteiger partial charge is 0.274 e. The minimum Gasteiger partial charge on any atom is -0.274 e. The Hall–Kier alpha value is -4.78. The molecule has 0 unspecified atom stereocenters. The van der Waals surface area contributed by atoms with Crippen LogP contribution in [0, 0.1) is 17.2 Å². The smallest absolute Gasteiger partial charge is 0.259 e. The van der Waals surface area contributed by atoms with Gasteiger partial charge in [-0.2, -0.15) is 15.3 Å². The van der Waals surface area contributed by atoms with Crippen molar-refractivity contribution in [2.24, 2.45) is 5.92 Å². The van der Waals surface area contributed by atoms with Crippen LogP contribution in [0.15, 0.2) is 59.7 Å². The van der Waals surface area contributed by atoms with Crippen molar-refractivity contribution < 1.29 is 9.59 Å². The predicted molar refractivity (Wildman–Crippen MR) is 154 cm³/mol. The number of rotatable bonds is 7. The van der Waals surface area contributed by atoms with Crippen molar-refractivity contribution in [3.8, 4) is 17.2 Å². The number of hydrogen-bond acceptors (Lipinski definition) is 6. The molecule has 210 valence electrons. The van der Waals surface area contributed by atoms with E-state index in [-0.39, 0.29) is 29.3 Å². The maximum Gasteiger partial charge on any atom is 0.259 e. The van der Waals surface area contributed by atoms with E-state index in [0.29, 0.717) is 55.4 Å². The fraction of sp³-hybridized carbons (Fsp3) is 0.355. The topological polar surface area (TPSA) is 134 Å². The fourth-order valence-electron chi connectivity index (χ4n) is 5.76. The van der Waals surface area contributed by atoms with Crippen molar-refractivity contribution in [3.63, 3.8) is 0 Å². The minimum absolute atomic E-state index is 0.0704. The Balaban J connectivity index is 1.45. The molecule has 0 radical (unpaired) electrons. The number of nitrogens with one attached hydrogen (secondary N) is 2. The molecule has 0 bridgehead atoms. The molecule has 0 spiro atoms. The van der Waals surface area contributed by atoms with Crippen LogP contribution < -0.4 is 16.4 Å². The second-order valence-electron chi connectivity index (χ2n) is 10.5. The maximum absolute atomic E-state index is 14.2. The molecule has 0 saturated heterocycles. The lowest BCUT2D eigenvalue weighted by Crippen LogP contribution is -2.44. The molecule has 0 aliphatic heterocycles. The van der Waals surface area contributed by atoms with Gasteiger partial charge in [-0.05, 0) is 54.9 Å². The van der Waals surface area contributed by atoms with E-state index >= 15 is 0 Å². The van der Waals surface area contributed by atoms with E-state index in [1.165, 1.54) is 13.3 Å². The first-order valence-corrected chi connectivity index (χ1v) is 14.0. The number of carbonyl (C=O) groups excluding carboxylic acids is 2. The van der Waals surface area contributed by atoms with E-state index in [1.807, 2.05) is 42.5 Å². The van der Waals surface area contributed by atoms with Gasteiger partial charge in [0.15, 0.2) is 0 Å². The molecular weight excluding hydrogens is 518 g/mol. The van der Waals surface area contributed by atoms with Gasteiger partial charge in [-0.1, -0.05) is 55.8 Å². The lowest BCUT2D eigenvalue weighted by molar-refractivity contribution is -0.131. The molecule has 0 atom stereocenters. The van der Waals surface area contributed by atoms with Gasteiger partial charge >= 0.3 is 0 Å². The Morgan fingerprint density at radius 3 is 2.46 bits per heavy atom. The van der Waals surface area contributed by atoms with Gasteiger partial charge in [-0.15, -0.1) is 0 Å². The van der Waals surface area contributed by atoms with E-state index in [2.05, 4.69) is 33.9 Å². The van der Waals surface area contributed by atoms with Crippen molar-refractivity contribution in [1.82, 2.24) is 30.0 Å². The molecule has 5 rings (SSSR count). The SMILES string of the molecule is CCCc1c(Cc2ccc(-c3ccccc3C#N)cc2)c(=O)n(C2CCC(C(=O)NNC(C)=O)CC2)c2ncnn12. The minimum atomic E-state index is -0.325. The highest BCUT2D eigenvalue weighted by Crippen LogP contribution is 2.33. The van der Waals surface area contributed by atoms with Crippen LogP contribution in [0.3, 0.4) is 0 Å². The average molecular weight is 552 g/mol. The number of aryl methyl sites for hydroxylation is 1. The van der Waals surface area contributed by atoms with Gasteiger partial charge in [0, 0.05) is 30.9 Å². The number of nitriles is 1. The summed E-state index contributed by atoms with van der Waals surface area (Å²) in [6, 6.07) is 17.6. The molecule has 2 aromatic carbocycles. The van der Waals surface area contributed by atoms with Crippen LogP contribution in [0.4, 0.5) is 0 Å². The standard InChI is InChI=1S/C31H33N7O3/c1-3-6-28-27(17-21-9-11-22(12-10-21)26-8-5-4-7-24(26)18-32)30(41)37(31-33-19-34-38(28)31)25-15-13-23(14-16-25)29(40)36-35-20(2)39/h4-5,7-12,19,23,25H,3,6,13-17H2,1-2H3,(H,35,39)(H,36,40). The summed E-state index contributed by atoms with van der Waals surface area (Å²) in [7, 11) is 0. The molecule has 1 aliphatic rings. The van der Waals surface area contributed by atoms with Gasteiger partial charge in [-0.25, -0.2) is 4.52 Å². The van der Waals surface area contributed by atoms with Gasteiger partial charge < -0.3 is 0 Å². The molecule has 10 heteroatoms. The van der Waals surface area contributed by atoms with E-state index in [9.17, 15) is 19.6 Å². The molecule has 2 amide bonds. The Morgan fingerprint density at radius 2 is 1.78 bits per heavy atom. The fourth-order valence-corrected chi connectivity index (χ4v) is 5.76. The number of aromatic nitrogens is 4. The van der Waals surface area contributed by atoms with Crippen molar-refractivity contribution in [2.75, 3.05) is 0 Å². The summed E-state index contributed by atoms with van der Waals surface area (Å²) in [6.07, 6.45) is 5.95. The number of hydrazine groups is 1. The maximum atomic E-state index is 14.2. The number of carbonyl (C=O) groups is 2. The molecule has 10 nitrogen and oxygen atoms in total. The molecule has 2 N–H and O–H groups in total. The highest BCUT2D eigenvalue weighted by Gasteiger charge is 2.30. The summed E-state index contributed by atoms with van der Waals surface area (Å²) >= 11 is 0. The van der Waals surface area contributed by atoms with E-state index in [1.54, 1.807) is 15.1 Å². The number of benzene rings is 2. The Kier molecular flexibility index (Phi) is 8.24. The van der Waals surface area contributed by atoms with Crippen LogP contribution in [-0.4, -0.2) is 31.0 Å². The monoisotopic (exact) mass is 551 g/mol. The number of fused-ring (bicyclic) bond motifs is 1. The quantitative estimate of drug-likeness (QED) is 0.335. The predicted octanol–water partition coefficient (Wildman–Crippen LogP) is 3.87. The second-order valence-corrected chi connectivity index (χ2v) is 10.5. The lowest BCUT2D eigenvalue weighted by atomic mass is 9.85. The van der Waals surface area contributed by atoms with Crippen LogP contribution in [0.5, 0.6) is 0 Å². The van der Waals surface area contributed by atoms with Crippen molar-refractivity contribution in [1.29, 1.82) is 5.26 Å². The van der Waals surface area contributed by atoms with Gasteiger partial charge in [0.2, 0.25) is 17.6 Å². The van der Waals surface area contributed by atoms with Crippen LogP contribution in [0.2, 0.25) is 0 Å². The summed E-state index contributed by atoms with van der Waals surface area (Å²) in [4.78, 5) is 42.3. The molecule has 4 aromatic rings. The normalized spacial score (nSPS) is 16.7. The van der Waals surface area contributed by atoms with Gasteiger partial charge in [0.05, 0.1) is 17.3 Å². The zero-order chi connectivity index (χ0) is 28.9. The lowest BCUT2D eigenvalue weighted by Gasteiger charge is -2.30. The third kappa shape index (κ3) is 5.75. The highest BCUT2D eigenvalue weighted by atomic mass is 16.2. The molecule has 2 heterocycles. The third-order valence-corrected chi connectivity index (χ3v) is 7.80. The van der Waals surface area contributed by atoms with Crippen molar-refractivity contribution >= 4 is 17.6 Å². The number of amides is 2. The summed E-state index contributed by atoms with van der Waals surface area (Å²) in [6.45, 7) is 3.42. The van der Waals surface area contributed by atoms with Crippen molar-refractivity contribution in [3.05, 3.63) is 87.6 Å². The van der Waals surface area contributed by atoms with Crippen LogP contribution in [0.1, 0.15) is 74.4 Å². The van der Waals surface area contributed by atoms with Gasteiger partial charge in [0.25, 0.3) is 5.56 Å². The van der Waals surface area contributed by atoms with E-state index in [0.717, 1.165) is 28.8 Å². The molecule has 1 saturated carbocycles. The Morgan fingerprint density at radius 1 is 1.05 bits per heavy atom. The summed E-state index contributed by atoms with van der Waals surface area (Å²) in [5.41, 5.74) is 9.74. The molecule has 2 aromatic heterocycles. The van der Waals surface area contributed by atoms with Crippen LogP contribution in [0.25, 0.3) is 16.9 Å². The number of nitrogens with zero attached hydrogens (tertiary/aromatic N) is 5. The van der Waals surface area contributed by atoms with Gasteiger partial charge in [-0.3, -0.25) is 29.8 Å². The van der Waals surface area contributed by atoms with Crippen LogP contribution in [-0.2, 0) is 22.4 Å².